The molecule has 0 saturated heterocycles. The number of aromatic nitrogens is 4. The number of aromatic amines is 1. The molecule has 0 aliphatic carbocycles. The van der Waals surface area contributed by atoms with E-state index in [4.69, 9.17) is 14.1 Å². The van der Waals surface area contributed by atoms with E-state index in [0.29, 0.717) is 28.7 Å². The number of pyridine rings is 1. The first kappa shape index (κ1) is 20.3. The normalized spacial score (nSPS) is 11.0. The minimum atomic E-state index is -0.524. The highest BCUT2D eigenvalue weighted by Crippen LogP contribution is 2.37. The average Bonchev–Trinajstić information content (AvgIpc) is 3.49. The molecular formula is C25H20N4O4. The first-order chi connectivity index (χ1) is 16.0. The predicted octanol–water partition coefficient (Wildman–Crippen LogP) is 4.57. The Hall–Kier alpha value is -4.59. The molecule has 5 aromatic rings. The molecule has 2 N–H and O–H groups in total. The van der Waals surface area contributed by atoms with Crippen LogP contribution in [0.3, 0.4) is 0 Å². The molecular weight excluding hydrogens is 420 g/mol. The number of aryl methyl sites for hydroxylation is 1. The van der Waals surface area contributed by atoms with Crippen molar-refractivity contribution in [3.63, 3.8) is 0 Å². The molecule has 8 heteroatoms. The number of hydrogen-bond acceptors (Lipinski definition) is 6. The SMILES string of the molecule is COc1ccc(-c2nc(-c3cccn3-c3cccnc3)[nH]c2-c2oc(C)cc(=O)c2O)cc1. The van der Waals surface area contributed by atoms with Gasteiger partial charge in [-0.15, -0.1) is 0 Å². The monoisotopic (exact) mass is 440 g/mol. The third kappa shape index (κ3) is 3.67. The second-order valence-electron chi connectivity index (χ2n) is 7.41. The average molecular weight is 440 g/mol. The number of rotatable bonds is 5. The third-order valence-corrected chi connectivity index (χ3v) is 5.26. The second kappa shape index (κ2) is 8.16. The molecule has 0 spiro atoms. The van der Waals surface area contributed by atoms with E-state index < -0.39 is 11.2 Å². The van der Waals surface area contributed by atoms with Gasteiger partial charge in [-0.25, -0.2) is 4.98 Å². The van der Waals surface area contributed by atoms with Gasteiger partial charge in [0.2, 0.25) is 11.2 Å². The van der Waals surface area contributed by atoms with Crippen molar-refractivity contribution in [2.24, 2.45) is 0 Å². The minimum absolute atomic E-state index is 0.0315. The van der Waals surface area contributed by atoms with Crippen molar-refractivity contribution in [2.45, 2.75) is 6.92 Å². The van der Waals surface area contributed by atoms with Gasteiger partial charge in [0.05, 0.1) is 24.7 Å². The van der Waals surface area contributed by atoms with Crippen LogP contribution in [0.4, 0.5) is 0 Å². The molecule has 8 nitrogen and oxygen atoms in total. The summed E-state index contributed by atoms with van der Waals surface area (Å²) in [4.78, 5) is 24.5. The lowest BCUT2D eigenvalue weighted by Crippen LogP contribution is -2.01. The van der Waals surface area contributed by atoms with Gasteiger partial charge in [-0.2, -0.15) is 0 Å². The van der Waals surface area contributed by atoms with Gasteiger partial charge in [0.1, 0.15) is 22.9 Å². The molecule has 1 aromatic carbocycles. The highest BCUT2D eigenvalue weighted by molar-refractivity contribution is 5.81. The summed E-state index contributed by atoms with van der Waals surface area (Å²) in [6.07, 6.45) is 5.37. The number of imidazole rings is 1. The van der Waals surface area contributed by atoms with Crippen molar-refractivity contribution in [3.8, 4) is 51.4 Å². The third-order valence-electron chi connectivity index (χ3n) is 5.26. The molecule has 4 aromatic heterocycles. The maximum absolute atomic E-state index is 12.3. The number of ether oxygens (including phenoxy) is 1. The minimum Gasteiger partial charge on any atom is -0.501 e. The molecule has 0 aliphatic heterocycles. The zero-order valence-electron chi connectivity index (χ0n) is 17.9. The summed E-state index contributed by atoms with van der Waals surface area (Å²) in [7, 11) is 1.60. The van der Waals surface area contributed by atoms with Crippen LogP contribution in [0.2, 0.25) is 0 Å². The molecule has 0 saturated carbocycles. The van der Waals surface area contributed by atoms with E-state index in [1.165, 1.54) is 6.07 Å². The van der Waals surface area contributed by atoms with E-state index in [2.05, 4.69) is 9.97 Å². The molecule has 4 heterocycles. The van der Waals surface area contributed by atoms with Crippen molar-refractivity contribution in [2.75, 3.05) is 7.11 Å². The summed E-state index contributed by atoms with van der Waals surface area (Å²) in [6, 6.07) is 16.2. The van der Waals surface area contributed by atoms with E-state index in [1.54, 1.807) is 26.4 Å². The van der Waals surface area contributed by atoms with Crippen LogP contribution in [0.15, 0.2) is 82.4 Å². The Bertz CT molecular complexity index is 1480. The largest absolute Gasteiger partial charge is 0.501 e. The van der Waals surface area contributed by atoms with Gasteiger partial charge >= 0.3 is 0 Å². The van der Waals surface area contributed by atoms with Gasteiger partial charge in [-0.3, -0.25) is 9.78 Å². The highest BCUT2D eigenvalue weighted by Gasteiger charge is 2.23. The van der Waals surface area contributed by atoms with Crippen LogP contribution in [0.1, 0.15) is 5.76 Å². The molecule has 5 rings (SSSR count). The maximum Gasteiger partial charge on any atom is 0.227 e. The molecule has 0 unspecified atom stereocenters. The Labute approximate surface area is 188 Å². The van der Waals surface area contributed by atoms with Crippen molar-refractivity contribution < 1.29 is 14.3 Å². The summed E-state index contributed by atoms with van der Waals surface area (Å²) in [5.41, 5.74) is 2.80. The molecule has 0 radical (unpaired) electrons. The van der Waals surface area contributed by atoms with E-state index in [0.717, 1.165) is 16.9 Å². The van der Waals surface area contributed by atoms with Crippen LogP contribution in [0.25, 0.3) is 39.9 Å². The Morgan fingerprint density at radius 1 is 1.12 bits per heavy atom. The summed E-state index contributed by atoms with van der Waals surface area (Å²) in [6.45, 7) is 1.65. The fourth-order valence-corrected chi connectivity index (χ4v) is 3.69. The topological polar surface area (TPSA) is 106 Å². The van der Waals surface area contributed by atoms with E-state index >= 15 is 0 Å². The number of hydrogen-bond donors (Lipinski definition) is 2. The first-order valence-corrected chi connectivity index (χ1v) is 10.2. The highest BCUT2D eigenvalue weighted by atomic mass is 16.5. The van der Waals surface area contributed by atoms with Gasteiger partial charge in [0, 0.05) is 24.0 Å². The number of nitrogens with zero attached hydrogens (tertiary/aromatic N) is 3. The van der Waals surface area contributed by atoms with Gasteiger partial charge in [-0.05, 0) is 55.5 Å². The number of methoxy groups -OCH3 is 1. The van der Waals surface area contributed by atoms with Crippen LogP contribution in [-0.4, -0.2) is 31.7 Å². The van der Waals surface area contributed by atoms with Crippen molar-refractivity contribution in [1.82, 2.24) is 19.5 Å². The molecule has 0 aliphatic rings. The molecule has 0 atom stereocenters. The van der Waals surface area contributed by atoms with Crippen LogP contribution in [0, 0.1) is 6.92 Å². The maximum atomic E-state index is 12.3. The van der Waals surface area contributed by atoms with Gasteiger partial charge < -0.3 is 23.8 Å². The molecule has 164 valence electrons. The van der Waals surface area contributed by atoms with E-state index in [9.17, 15) is 9.90 Å². The van der Waals surface area contributed by atoms with Gasteiger partial charge in [0.15, 0.2) is 11.6 Å². The summed E-state index contributed by atoms with van der Waals surface area (Å²) < 4.78 is 13.0. The predicted molar refractivity (Wildman–Crippen MR) is 124 cm³/mol. The fourth-order valence-electron chi connectivity index (χ4n) is 3.69. The molecule has 0 amide bonds. The Kier molecular flexibility index (Phi) is 5.02. The van der Waals surface area contributed by atoms with Crippen LogP contribution in [0.5, 0.6) is 11.5 Å². The lowest BCUT2D eigenvalue weighted by atomic mass is 10.1. The van der Waals surface area contributed by atoms with Crippen molar-refractivity contribution >= 4 is 0 Å². The summed E-state index contributed by atoms with van der Waals surface area (Å²) >= 11 is 0. The number of aromatic hydroxyl groups is 1. The van der Waals surface area contributed by atoms with E-state index in [1.807, 2.05) is 59.3 Å². The molecule has 0 bridgehead atoms. The van der Waals surface area contributed by atoms with Crippen LogP contribution in [-0.2, 0) is 0 Å². The quantitative estimate of drug-likeness (QED) is 0.415. The second-order valence-corrected chi connectivity index (χ2v) is 7.41. The summed E-state index contributed by atoms with van der Waals surface area (Å²) in [5.74, 6) is 1.17. The number of benzene rings is 1. The number of H-pyrrole nitrogens is 1. The first-order valence-electron chi connectivity index (χ1n) is 10.2. The lowest BCUT2D eigenvalue weighted by molar-refractivity contribution is 0.415. The molecule has 33 heavy (non-hydrogen) atoms. The lowest BCUT2D eigenvalue weighted by Gasteiger charge is -2.06. The molecule has 0 fully saturated rings. The fraction of sp³-hybridized carbons (Fsp3) is 0.0800. The Morgan fingerprint density at radius 3 is 2.67 bits per heavy atom. The Morgan fingerprint density at radius 2 is 1.94 bits per heavy atom. The summed E-state index contributed by atoms with van der Waals surface area (Å²) in [5, 5.41) is 10.5. The van der Waals surface area contributed by atoms with Crippen LogP contribution >= 0.6 is 0 Å². The van der Waals surface area contributed by atoms with Gasteiger partial charge in [0.25, 0.3) is 0 Å². The Balaban J connectivity index is 1.73. The van der Waals surface area contributed by atoms with Crippen LogP contribution < -0.4 is 10.2 Å². The van der Waals surface area contributed by atoms with Gasteiger partial charge in [-0.1, -0.05) is 0 Å². The van der Waals surface area contributed by atoms with E-state index in [-0.39, 0.29) is 5.76 Å². The number of nitrogens with one attached hydrogen (secondary N) is 1. The smallest absolute Gasteiger partial charge is 0.227 e. The van der Waals surface area contributed by atoms with Crippen molar-refractivity contribution in [1.29, 1.82) is 0 Å². The standard InChI is InChI=1S/C25H20N4O4/c1-15-13-20(30)23(31)24(33-15)22-21(16-7-9-18(32-2)10-8-16)27-25(28-22)19-6-4-12-29(19)17-5-3-11-26-14-17/h3-14,31H,1-2H3,(H,27,28). The zero-order chi connectivity index (χ0) is 22.9. The van der Waals surface area contributed by atoms with Crippen molar-refractivity contribution in [3.05, 3.63) is 89.2 Å². The zero-order valence-corrected chi connectivity index (χ0v) is 17.9.